The number of aliphatic hydroxyl groups excluding tert-OH is 1. The second kappa shape index (κ2) is 13.0. The van der Waals surface area contributed by atoms with Crippen LogP contribution in [0.5, 0.6) is 0 Å². The van der Waals surface area contributed by atoms with Gasteiger partial charge in [0.2, 0.25) is 11.8 Å². The van der Waals surface area contributed by atoms with E-state index >= 15 is 0 Å². The zero-order chi connectivity index (χ0) is 31.4. The fourth-order valence-electron chi connectivity index (χ4n) is 5.62. The van der Waals surface area contributed by atoms with Gasteiger partial charge in [-0.1, -0.05) is 42.5 Å². The average Bonchev–Trinajstić information content (AvgIpc) is 3.63. The highest BCUT2D eigenvalue weighted by Crippen LogP contribution is 2.36. The number of aliphatic hydroxyl groups is 1. The number of benzene rings is 2. The van der Waals surface area contributed by atoms with Crippen molar-refractivity contribution in [1.29, 1.82) is 0 Å². The molecule has 1 aliphatic heterocycles. The number of nitrogens with zero attached hydrogens (tertiary/aromatic N) is 5. The van der Waals surface area contributed by atoms with Crippen molar-refractivity contribution in [3.8, 4) is 11.5 Å². The molecule has 44 heavy (non-hydrogen) atoms. The lowest BCUT2D eigenvalue weighted by Gasteiger charge is -2.35. The van der Waals surface area contributed by atoms with Gasteiger partial charge in [0.25, 0.3) is 5.91 Å². The van der Waals surface area contributed by atoms with Crippen molar-refractivity contribution in [3.63, 3.8) is 0 Å². The molecule has 1 saturated heterocycles. The number of carbonyl (C=O) groups is 2. The van der Waals surface area contributed by atoms with Crippen LogP contribution in [0.2, 0.25) is 0 Å². The van der Waals surface area contributed by atoms with Crippen LogP contribution in [0.3, 0.4) is 0 Å². The molecule has 5 rings (SSSR count). The lowest BCUT2D eigenvalue weighted by atomic mass is 10.0. The van der Waals surface area contributed by atoms with Gasteiger partial charge in [-0.15, -0.1) is 10.2 Å². The average molecular weight is 598 g/mol. The fourth-order valence-corrected chi connectivity index (χ4v) is 5.62. The molecule has 0 aliphatic carbocycles. The zero-order valence-electron chi connectivity index (χ0n) is 25.8. The predicted molar refractivity (Wildman–Crippen MR) is 164 cm³/mol. The monoisotopic (exact) mass is 597 g/mol. The summed E-state index contributed by atoms with van der Waals surface area (Å²) in [7, 11) is 1.75. The number of carbonyl (C=O) groups excluding carboxylic acids is 2. The second-order valence-electron chi connectivity index (χ2n) is 12.3. The topological polar surface area (TPSA) is 122 Å². The minimum atomic E-state index is -0.823. The van der Waals surface area contributed by atoms with Crippen LogP contribution in [0.15, 0.2) is 77.5 Å². The van der Waals surface area contributed by atoms with Crippen LogP contribution in [-0.2, 0) is 17.7 Å². The van der Waals surface area contributed by atoms with Crippen molar-refractivity contribution >= 4 is 12.0 Å². The van der Waals surface area contributed by atoms with E-state index in [4.69, 9.17) is 9.15 Å². The molecule has 0 saturated carbocycles. The van der Waals surface area contributed by atoms with Crippen LogP contribution >= 0.6 is 0 Å². The van der Waals surface area contributed by atoms with E-state index in [1.54, 1.807) is 36.2 Å². The maximum absolute atomic E-state index is 13.4. The number of aromatic nitrogens is 3. The van der Waals surface area contributed by atoms with Crippen molar-refractivity contribution in [1.82, 2.24) is 25.0 Å². The quantitative estimate of drug-likeness (QED) is 0.272. The summed E-state index contributed by atoms with van der Waals surface area (Å²) in [4.78, 5) is 34.3. The highest BCUT2D eigenvalue weighted by Gasteiger charge is 2.42. The maximum atomic E-state index is 13.4. The summed E-state index contributed by atoms with van der Waals surface area (Å²) < 4.78 is 11.3. The van der Waals surface area contributed by atoms with Gasteiger partial charge < -0.3 is 19.2 Å². The predicted octanol–water partition coefficient (Wildman–Crippen LogP) is 5.76. The molecule has 10 heteroatoms. The van der Waals surface area contributed by atoms with Gasteiger partial charge in [-0.2, -0.15) is 0 Å². The third-order valence-corrected chi connectivity index (χ3v) is 7.66. The zero-order valence-corrected chi connectivity index (χ0v) is 25.8. The Morgan fingerprint density at radius 3 is 2.43 bits per heavy atom. The molecule has 1 fully saturated rings. The number of rotatable bonds is 8. The van der Waals surface area contributed by atoms with Crippen LogP contribution in [0, 0.1) is 6.92 Å². The van der Waals surface area contributed by atoms with Crippen LogP contribution < -0.4 is 0 Å². The number of hydrogen-bond donors (Lipinski definition) is 1. The molecule has 1 aliphatic rings. The van der Waals surface area contributed by atoms with E-state index in [9.17, 15) is 14.7 Å². The number of pyridine rings is 1. The highest BCUT2D eigenvalue weighted by atomic mass is 16.6. The Labute approximate surface area is 257 Å². The Kier molecular flexibility index (Phi) is 9.10. The molecule has 10 nitrogen and oxygen atoms in total. The Morgan fingerprint density at radius 1 is 1.05 bits per heavy atom. The normalized spacial score (nSPS) is 17.4. The summed E-state index contributed by atoms with van der Waals surface area (Å²) in [6, 6.07) is 18.2. The number of likely N-dealkylation sites (tertiary alicyclic amines) is 1. The largest absolute Gasteiger partial charge is 0.444 e. The second-order valence-corrected chi connectivity index (χ2v) is 12.3. The minimum absolute atomic E-state index is 0.127. The smallest absolute Gasteiger partial charge is 0.410 e. The van der Waals surface area contributed by atoms with Gasteiger partial charge in [0.15, 0.2) is 0 Å². The Morgan fingerprint density at radius 2 is 1.77 bits per heavy atom. The molecule has 4 aromatic rings. The first-order valence-electron chi connectivity index (χ1n) is 14.8. The molecule has 2 aromatic carbocycles. The van der Waals surface area contributed by atoms with Crippen molar-refractivity contribution in [3.05, 3.63) is 101 Å². The van der Waals surface area contributed by atoms with Gasteiger partial charge in [0, 0.05) is 44.5 Å². The van der Waals surface area contributed by atoms with Crippen molar-refractivity contribution in [2.45, 2.75) is 77.3 Å². The first kappa shape index (κ1) is 30.9. The molecule has 3 heterocycles. The van der Waals surface area contributed by atoms with Gasteiger partial charge >= 0.3 is 6.09 Å². The third-order valence-electron chi connectivity index (χ3n) is 7.66. The molecule has 2 amide bonds. The van der Waals surface area contributed by atoms with Gasteiger partial charge in [-0.05, 0) is 74.9 Å². The number of amides is 2. The van der Waals surface area contributed by atoms with Crippen LogP contribution in [0.1, 0.15) is 72.7 Å². The summed E-state index contributed by atoms with van der Waals surface area (Å²) in [5.41, 5.74) is 3.18. The summed E-state index contributed by atoms with van der Waals surface area (Å²) in [5, 5.41) is 19.2. The van der Waals surface area contributed by atoms with E-state index in [1.165, 1.54) is 0 Å². The molecule has 3 atom stereocenters. The molecule has 0 unspecified atom stereocenters. The highest BCUT2D eigenvalue weighted by molar-refractivity contribution is 5.94. The van der Waals surface area contributed by atoms with Gasteiger partial charge in [0.1, 0.15) is 5.60 Å². The van der Waals surface area contributed by atoms with E-state index < -0.39 is 23.8 Å². The van der Waals surface area contributed by atoms with Crippen LogP contribution in [0.4, 0.5) is 4.79 Å². The third kappa shape index (κ3) is 7.31. The van der Waals surface area contributed by atoms with E-state index in [-0.39, 0.29) is 11.9 Å². The summed E-state index contributed by atoms with van der Waals surface area (Å²) >= 11 is 0. The van der Waals surface area contributed by atoms with E-state index in [1.807, 2.05) is 81.4 Å². The number of ether oxygens (including phenoxy) is 1. The molecular weight excluding hydrogens is 558 g/mol. The van der Waals surface area contributed by atoms with Gasteiger partial charge in [0.05, 0.1) is 17.7 Å². The fraction of sp³-hybridized carbons (Fsp3) is 0.382. The van der Waals surface area contributed by atoms with Crippen molar-refractivity contribution in [2.24, 2.45) is 0 Å². The van der Waals surface area contributed by atoms with Crippen LogP contribution in [0.25, 0.3) is 11.5 Å². The molecular formula is C34H39N5O5. The summed E-state index contributed by atoms with van der Waals surface area (Å²) in [6.45, 7) is 7.60. The standard InChI is InChI=1S/C34H39N5O5/c1-22-36-37-31(43-22)27-17-24(19-35-20-27)21-38(5)32(41)26-13-11-23(12-14-26)18-28-15-16-29(30(40)25-9-7-6-8-10-25)39(28)33(42)44-34(2,3)4/h6-14,17,19-20,28-30,40H,15-16,18,21H2,1-5H3/t28-,29+,30+/m0/s1. The lowest BCUT2D eigenvalue weighted by Crippen LogP contribution is -2.47. The molecule has 0 spiro atoms. The van der Waals surface area contributed by atoms with E-state index in [0.29, 0.717) is 42.3 Å². The maximum Gasteiger partial charge on any atom is 0.410 e. The van der Waals surface area contributed by atoms with Gasteiger partial charge in [-0.3, -0.25) is 14.7 Å². The van der Waals surface area contributed by atoms with E-state index in [2.05, 4.69) is 15.2 Å². The molecule has 0 radical (unpaired) electrons. The summed E-state index contributed by atoms with van der Waals surface area (Å²) in [5.74, 6) is 0.726. The Balaban J connectivity index is 1.26. The minimum Gasteiger partial charge on any atom is -0.444 e. The van der Waals surface area contributed by atoms with E-state index in [0.717, 1.165) is 23.1 Å². The molecule has 2 aromatic heterocycles. The molecule has 1 N–H and O–H groups in total. The summed E-state index contributed by atoms with van der Waals surface area (Å²) in [6.07, 6.45) is 4.07. The SMILES string of the molecule is Cc1nnc(-c2cncc(CN(C)C(=O)c3ccc(C[C@@H]4CC[C@H]([C@H](O)c5ccccc5)N4C(=O)OC(C)(C)C)cc3)c2)o1. The number of aryl methyl sites for hydroxylation is 1. The van der Waals surface area contributed by atoms with Crippen LogP contribution in [-0.4, -0.2) is 66.8 Å². The Hall–Kier alpha value is -4.57. The first-order chi connectivity index (χ1) is 21.0. The van der Waals surface area contributed by atoms with Crippen molar-refractivity contribution < 1.29 is 23.8 Å². The van der Waals surface area contributed by atoms with Gasteiger partial charge in [-0.25, -0.2) is 4.79 Å². The first-order valence-corrected chi connectivity index (χ1v) is 14.8. The molecule has 0 bridgehead atoms. The number of hydrogen-bond acceptors (Lipinski definition) is 8. The molecule has 230 valence electrons. The van der Waals surface area contributed by atoms with Crippen molar-refractivity contribution in [2.75, 3.05) is 7.05 Å². The lowest BCUT2D eigenvalue weighted by molar-refractivity contribution is -0.00453. The Bertz CT molecular complexity index is 1580.